The average Bonchev–Trinajstić information content (AvgIpc) is 3.71. The van der Waals surface area contributed by atoms with Crippen molar-refractivity contribution >= 4 is 63.7 Å². The molecule has 5 heterocycles. The van der Waals surface area contributed by atoms with Gasteiger partial charge in [-0.1, -0.05) is 5.16 Å². The van der Waals surface area contributed by atoms with Crippen LogP contribution < -0.4 is 11.1 Å². The summed E-state index contributed by atoms with van der Waals surface area (Å²) in [6.07, 6.45) is -1.03. The standard InChI is InChI=1S/C24H21N7O14S/c1-23(2,20(39)40)45-29-13(9-6-46-22(25)27-9)15(34)26-8-5-43-31(17(8)36)24(21(41)42)4-10(19(38)44-24)30-16(35)7-3-11(32)14(33)28-12(7)18(30)37/h3,6,8,10,32H,4-5H2,1-2H3,(H2,25,27)(H,26,34)(H,28,33)(H,39,40)(H,41,42)/b29-13-/t8-,10-,24?/m0/s1. The first-order valence-electron chi connectivity index (χ1n) is 12.7. The molecule has 0 radical (unpaired) electrons. The van der Waals surface area contributed by atoms with Crippen LogP contribution in [0.2, 0.25) is 0 Å². The molecule has 0 spiro atoms. The molecule has 0 saturated carbocycles. The van der Waals surface area contributed by atoms with Crippen LogP contribution in [-0.2, 0) is 38.4 Å². The zero-order valence-corrected chi connectivity index (χ0v) is 24.1. The van der Waals surface area contributed by atoms with Gasteiger partial charge in [0.05, 0.1) is 12.0 Å². The number of esters is 1. The molecule has 2 aromatic heterocycles. The number of fused-ring (bicyclic) bond motifs is 1. The smallest absolute Gasteiger partial charge is 0.372 e. The number of ether oxygens (including phenoxy) is 1. The topological polar surface area (TPSA) is 311 Å². The van der Waals surface area contributed by atoms with Crippen molar-refractivity contribution < 1.29 is 68.4 Å². The fourth-order valence-electron chi connectivity index (χ4n) is 4.44. The van der Waals surface area contributed by atoms with Gasteiger partial charge in [0.2, 0.25) is 5.60 Å². The summed E-state index contributed by atoms with van der Waals surface area (Å²) in [4.78, 5) is 107. The number of nitrogen functional groups attached to an aromatic ring is 1. The number of cyclic esters (lactones) is 1. The highest BCUT2D eigenvalue weighted by molar-refractivity contribution is 7.13. The number of nitrogens with two attached hydrogens (primary N) is 1. The third kappa shape index (κ3) is 5.03. The average molecular weight is 664 g/mol. The van der Waals surface area contributed by atoms with E-state index in [1.54, 1.807) is 0 Å². The number of hydroxylamine groups is 2. The summed E-state index contributed by atoms with van der Waals surface area (Å²) >= 11 is 0.901. The summed E-state index contributed by atoms with van der Waals surface area (Å²) in [6, 6.07) is -2.83. The van der Waals surface area contributed by atoms with Gasteiger partial charge in [0.25, 0.3) is 29.5 Å². The quantitative estimate of drug-likeness (QED) is 0.0715. The van der Waals surface area contributed by atoms with Crippen LogP contribution in [0.5, 0.6) is 11.6 Å². The second-order valence-corrected chi connectivity index (χ2v) is 11.2. The van der Waals surface area contributed by atoms with E-state index in [4.69, 9.17) is 20.1 Å². The van der Waals surface area contributed by atoms with Crippen molar-refractivity contribution in [3.05, 3.63) is 28.4 Å². The molecule has 3 atom stereocenters. The third-order valence-corrected chi connectivity index (χ3v) is 7.55. The number of carboxylic acids is 2. The SMILES string of the molecule is CC(C)(O/N=C(\C(=O)N[C@H]1CON(C2(C(=O)O)C[C@H](N3C(=O)c4cc(O)c(O)nc4C3=O)C(=O)O2)C1=O)c1csc(N)n1)C(=O)O. The Morgan fingerprint density at radius 2 is 1.87 bits per heavy atom. The van der Waals surface area contributed by atoms with Gasteiger partial charge in [0, 0.05) is 11.4 Å². The summed E-state index contributed by atoms with van der Waals surface area (Å²) in [5.74, 6) is -11.4. The molecule has 242 valence electrons. The molecule has 4 amide bonds. The van der Waals surface area contributed by atoms with Gasteiger partial charge >= 0.3 is 23.6 Å². The Balaban J connectivity index is 1.37. The number of nitrogens with one attached hydrogen (secondary N) is 1. The molecule has 3 aliphatic rings. The number of oxime groups is 1. The van der Waals surface area contributed by atoms with Crippen molar-refractivity contribution in [3.8, 4) is 11.6 Å². The number of hydrogen-bond acceptors (Lipinski definition) is 17. The minimum atomic E-state index is -2.93. The van der Waals surface area contributed by atoms with Crippen LogP contribution in [-0.4, -0.2) is 118 Å². The summed E-state index contributed by atoms with van der Waals surface area (Å²) in [5, 5.41) is 46.0. The summed E-state index contributed by atoms with van der Waals surface area (Å²) in [5.41, 5.74) is -1.10. The van der Waals surface area contributed by atoms with Crippen LogP contribution in [0, 0.1) is 0 Å². The van der Waals surface area contributed by atoms with Gasteiger partial charge in [-0.25, -0.2) is 24.4 Å². The van der Waals surface area contributed by atoms with E-state index < -0.39 is 107 Å². The molecular weight excluding hydrogens is 642 g/mol. The Hall–Kier alpha value is -5.90. The number of hydrogen-bond donors (Lipinski definition) is 6. The number of carbonyl (C=O) groups is 7. The lowest BCUT2D eigenvalue weighted by Crippen LogP contribution is -2.57. The van der Waals surface area contributed by atoms with Gasteiger partial charge in [0.1, 0.15) is 30.1 Å². The van der Waals surface area contributed by atoms with Crippen molar-refractivity contribution in [1.29, 1.82) is 0 Å². The van der Waals surface area contributed by atoms with Crippen LogP contribution in [0.15, 0.2) is 16.6 Å². The van der Waals surface area contributed by atoms with E-state index in [-0.39, 0.29) is 15.9 Å². The Bertz CT molecular complexity index is 1730. The Labute approximate surface area is 258 Å². The molecule has 2 fully saturated rings. The molecule has 7 N–H and O–H groups in total. The second kappa shape index (κ2) is 10.9. The molecule has 0 aliphatic carbocycles. The number of amides is 4. The number of pyridine rings is 1. The Morgan fingerprint density at radius 1 is 1.17 bits per heavy atom. The lowest BCUT2D eigenvalue weighted by molar-refractivity contribution is -0.256. The van der Waals surface area contributed by atoms with Gasteiger partial charge in [-0.15, -0.1) is 11.3 Å². The number of imide groups is 1. The lowest BCUT2D eigenvalue weighted by Gasteiger charge is -2.30. The Kier molecular flexibility index (Phi) is 7.48. The largest absolute Gasteiger partial charge is 0.503 e. The van der Waals surface area contributed by atoms with E-state index in [0.29, 0.717) is 4.90 Å². The van der Waals surface area contributed by atoms with Crippen LogP contribution in [0.1, 0.15) is 46.8 Å². The first kappa shape index (κ1) is 31.5. The van der Waals surface area contributed by atoms with Crippen molar-refractivity contribution in [2.24, 2.45) is 5.16 Å². The molecule has 2 aromatic rings. The van der Waals surface area contributed by atoms with Gasteiger partial charge in [-0.05, 0) is 13.8 Å². The predicted molar refractivity (Wildman–Crippen MR) is 144 cm³/mol. The lowest BCUT2D eigenvalue weighted by atomic mass is 10.0. The first-order valence-corrected chi connectivity index (χ1v) is 13.6. The maximum atomic E-state index is 13.4. The molecule has 46 heavy (non-hydrogen) atoms. The van der Waals surface area contributed by atoms with Crippen LogP contribution >= 0.6 is 11.3 Å². The van der Waals surface area contributed by atoms with E-state index in [9.17, 15) is 54.0 Å². The number of aliphatic carboxylic acids is 2. The maximum absolute atomic E-state index is 13.4. The minimum Gasteiger partial charge on any atom is -0.503 e. The maximum Gasteiger partial charge on any atom is 0.372 e. The number of carbonyl (C=O) groups excluding carboxylic acids is 5. The van der Waals surface area contributed by atoms with Crippen molar-refractivity contribution in [3.63, 3.8) is 0 Å². The first-order chi connectivity index (χ1) is 21.5. The highest BCUT2D eigenvalue weighted by Gasteiger charge is 2.65. The number of aromatic hydroxyl groups is 2. The molecule has 22 heteroatoms. The number of nitrogens with zero attached hydrogens (tertiary/aromatic N) is 5. The molecule has 5 rings (SSSR count). The van der Waals surface area contributed by atoms with E-state index >= 15 is 0 Å². The van der Waals surface area contributed by atoms with Gasteiger partial charge in [-0.2, -0.15) is 5.06 Å². The second-order valence-electron chi connectivity index (χ2n) is 10.3. The molecular formula is C24H21N7O14S. The number of thiazole rings is 1. The fraction of sp³-hybridized carbons (Fsp3) is 0.333. The highest BCUT2D eigenvalue weighted by atomic mass is 32.1. The van der Waals surface area contributed by atoms with Crippen molar-refractivity contribution in [2.75, 3.05) is 12.3 Å². The zero-order chi connectivity index (χ0) is 33.9. The van der Waals surface area contributed by atoms with Crippen molar-refractivity contribution in [2.45, 2.75) is 43.7 Å². The third-order valence-electron chi connectivity index (χ3n) is 6.87. The molecule has 2 saturated heterocycles. The Morgan fingerprint density at radius 3 is 2.48 bits per heavy atom. The number of rotatable bonds is 9. The van der Waals surface area contributed by atoms with Gasteiger partial charge in [-0.3, -0.25) is 28.9 Å². The summed E-state index contributed by atoms with van der Waals surface area (Å²) < 4.78 is 5.05. The van der Waals surface area contributed by atoms with Crippen LogP contribution in [0.25, 0.3) is 0 Å². The number of aromatic nitrogens is 2. The van der Waals surface area contributed by atoms with Crippen LogP contribution in [0.3, 0.4) is 0 Å². The molecule has 21 nitrogen and oxygen atoms in total. The summed E-state index contributed by atoms with van der Waals surface area (Å²) in [7, 11) is 0. The van der Waals surface area contributed by atoms with Gasteiger partial charge in [0.15, 0.2) is 16.6 Å². The normalized spacial score (nSPS) is 23.0. The highest BCUT2D eigenvalue weighted by Crippen LogP contribution is 2.40. The van der Waals surface area contributed by atoms with E-state index in [2.05, 4.69) is 20.4 Å². The molecule has 0 aromatic carbocycles. The summed E-state index contributed by atoms with van der Waals surface area (Å²) in [6.45, 7) is 1.58. The molecule has 3 aliphatic heterocycles. The van der Waals surface area contributed by atoms with E-state index in [0.717, 1.165) is 31.3 Å². The van der Waals surface area contributed by atoms with E-state index in [1.807, 2.05) is 0 Å². The van der Waals surface area contributed by atoms with E-state index in [1.165, 1.54) is 5.38 Å². The van der Waals surface area contributed by atoms with Crippen molar-refractivity contribution in [1.82, 2.24) is 25.2 Å². The predicted octanol–water partition coefficient (Wildman–Crippen LogP) is -2.23. The minimum absolute atomic E-state index is 0.00268. The zero-order valence-electron chi connectivity index (χ0n) is 23.3. The number of anilines is 1. The van der Waals surface area contributed by atoms with Crippen LogP contribution in [0.4, 0.5) is 5.13 Å². The number of carboxylic acid groups (broad SMARTS) is 2. The van der Waals surface area contributed by atoms with Gasteiger partial charge < -0.3 is 41.1 Å². The molecule has 0 bridgehead atoms. The monoisotopic (exact) mass is 663 g/mol. The fourth-order valence-corrected chi connectivity index (χ4v) is 4.98. The molecule has 1 unspecified atom stereocenters.